The van der Waals surface area contributed by atoms with Gasteiger partial charge < -0.3 is 4.90 Å². The summed E-state index contributed by atoms with van der Waals surface area (Å²) in [5, 5.41) is 0. The highest BCUT2D eigenvalue weighted by Crippen LogP contribution is 2.59. The van der Waals surface area contributed by atoms with Crippen LogP contribution in [-0.2, 0) is 10.8 Å². The number of nitrogens with zero attached hydrogens (tertiary/aromatic N) is 1. The van der Waals surface area contributed by atoms with Gasteiger partial charge in [-0.2, -0.15) is 0 Å². The predicted molar refractivity (Wildman–Crippen MR) is 261 cm³/mol. The lowest BCUT2D eigenvalue weighted by Crippen LogP contribution is -2.28. The summed E-state index contributed by atoms with van der Waals surface area (Å²) in [4.78, 5) is 1.96. The molecule has 10 aromatic carbocycles. The first-order valence-electron chi connectivity index (χ1n) is 23.6. The van der Waals surface area contributed by atoms with Crippen LogP contribution in [0.1, 0.15) is 50.0 Å². The van der Waals surface area contributed by atoms with Crippen molar-refractivity contribution in [3.8, 4) is 33.4 Å². The van der Waals surface area contributed by atoms with Crippen LogP contribution in [0.3, 0.4) is 0 Å². The minimum absolute atomic E-state index is 0.0107. The maximum Gasteiger partial charge on any atom is 0.0714 e. The number of fused-ring (bicyclic) bond motifs is 6. The van der Waals surface area contributed by atoms with Crippen LogP contribution in [0.2, 0.25) is 0 Å². The van der Waals surface area contributed by atoms with Crippen LogP contribution in [0, 0.1) is 0 Å². The van der Waals surface area contributed by atoms with E-state index in [1.807, 2.05) is 53.4 Å². The first-order chi connectivity index (χ1) is 32.9. The lowest BCUT2D eigenvalue weighted by Gasteiger charge is -2.35. The van der Waals surface area contributed by atoms with E-state index in [1.54, 1.807) is 0 Å². The van der Waals surface area contributed by atoms with Crippen molar-refractivity contribution in [3.63, 3.8) is 0 Å². The largest absolute Gasteiger partial charge is 0.310 e. The number of rotatable bonds is 8. The molecule has 296 valence electrons. The van der Waals surface area contributed by atoms with E-state index in [0.717, 1.165) is 72.6 Å². The molecule has 0 radical (unpaired) electrons. The molecule has 10 aromatic rings. The normalized spacial score (nSPS) is 14.5. The van der Waals surface area contributed by atoms with Gasteiger partial charge in [-0.1, -0.05) is 218 Å². The molecule has 0 bridgehead atoms. The molecule has 0 heterocycles. The fraction of sp³-hybridized carbons (Fsp3) is 0.0323. The molecule has 0 atom stereocenters. The zero-order valence-electron chi connectivity index (χ0n) is 38.5. The van der Waals surface area contributed by atoms with Crippen LogP contribution in [0.4, 0.5) is 17.1 Å². The van der Waals surface area contributed by atoms with Crippen LogP contribution >= 0.6 is 0 Å². The fourth-order valence-corrected chi connectivity index (χ4v) is 10.7. The highest BCUT2D eigenvalue weighted by atomic mass is 15.1. The average Bonchev–Trinajstić information content (AvgIpc) is 3.86. The van der Waals surface area contributed by atoms with E-state index in [4.69, 9.17) is 0 Å². The maximum atomic E-state index is 10.3. The molecule has 2 aliphatic carbocycles. The van der Waals surface area contributed by atoms with Gasteiger partial charge in [0.2, 0.25) is 0 Å². The summed E-state index contributed by atoms with van der Waals surface area (Å²) in [6.07, 6.45) is 0. The van der Waals surface area contributed by atoms with E-state index in [0.29, 0.717) is 11.1 Å². The molecule has 2 aliphatic rings. The second-order valence-electron chi connectivity index (χ2n) is 16.4. The van der Waals surface area contributed by atoms with Crippen molar-refractivity contribution in [3.05, 3.63) is 305 Å². The highest BCUT2D eigenvalue weighted by Gasteiger charge is 2.47. The SMILES string of the molecule is [2H]c1c([2H])c(-c2ccc3c(c2)C(c2ccccc2)(c2ccccc2)c2ccccc2-3)c([2H])c(N(c2ccccc2)c2ccc3c(c2)C(c2ccccc2)(c2ccccc2)c2ccccc2-3)c1[2H]. The van der Waals surface area contributed by atoms with Gasteiger partial charge in [0.1, 0.15) is 0 Å². The Labute approximate surface area is 375 Å². The average molecular weight is 806 g/mol. The third-order valence-electron chi connectivity index (χ3n) is 13.3. The van der Waals surface area contributed by atoms with Gasteiger partial charge in [-0.3, -0.25) is 0 Å². The molecule has 0 fully saturated rings. The van der Waals surface area contributed by atoms with Crippen LogP contribution in [0.5, 0.6) is 0 Å². The molecule has 63 heavy (non-hydrogen) atoms. The molecular weight excluding hydrogens is 759 g/mol. The van der Waals surface area contributed by atoms with E-state index < -0.39 is 10.8 Å². The summed E-state index contributed by atoms with van der Waals surface area (Å²) in [5.41, 5.74) is 14.8. The summed E-state index contributed by atoms with van der Waals surface area (Å²) in [6.45, 7) is 0. The second kappa shape index (κ2) is 14.9. The van der Waals surface area contributed by atoms with Crippen LogP contribution in [-0.4, -0.2) is 0 Å². The quantitative estimate of drug-likeness (QED) is 0.148. The molecule has 0 saturated heterocycles. The zero-order valence-corrected chi connectivity index (χ0v) is 34.5. The molecular formula is C62H43N. The molecule has 0 aromatic heterocycles. The maximum absolute atomic E-state index is 10.3. The van der Waals surface area contributed by atoms with Crippen molar-refractivity contribution < 1.29 is 5.48 Å². The van der Waals surface area contributed by atoms with E-state index >= 15 is 0 Å². The second-order valence-corrected chi connectivity index (χ2v) is 16.4. The Morgan fingerprint density at radius 3 is 1.22 bits per heavy atom. The Hall–Kier alpha value is -8.00. The topological polar surface area (TPSA) is 3.24 Å². The van der Waals surface area contributed by atoms with Crippen molar-refractivity contribution >= 4 is 17.1 Å². The van der Waals surface area contributed by atoms with Crippen molar-refractivity contribution in [2.24, 2.45) is 0 Å². The molecule has 0 spiro atoms. The molecule has 1 heteroatoms. The molecule has 0 unspecified atom stereocenters. The summed E-state index contributed by atoms with van der Waals surface area (Å²) >= 11 is 0. The van der Waals surface area contributed by atoms with Gasteiger partial charge in [-0.05, 0) is 120 Å². The molecule has 1 nitrogen and oxygen atoms in total. The van der Waals surface area contributed by atoms with Gasteiger partial charge in [0, 0.05) is 17.1 Å². The number of hydrogen-bond acceptors (Lipinski definition) is 1. The van der Waals surface area contributed by atoms with Gasteiger partial charge >= 0.3 is 0 Å². The van der Waals surface area contributed by atoms with Gasteiger partial charge in [0.25, 0.3) is 0 Å². The highest BCUT2D eigenvalue weighted by molar-refractivity contribution is 5.91. The standard InChI is InChI=1S/C62H43N/c1-6-22-46(23-7-1)61(47-24-8-2-9-25-47)57-35-18-16-33-53(57)55-39-37-45(42-59(55)61)44-21-20-32-51(41-44)63(50-30-14-5-15-31-50)52-38-40-56-54-34-17-19-36-58(54)62(60(56)43-52,48-26-10-3-11-27-48)49-28-12-4-13-29-49/h1-43H/i20D,21D,32D,41D. The van der Waals surface area contributed by atoms with E-state index in [2.05, 4.69) is 188 Å². The number of benzene rings is 10. The van der Waals surface area contributed by atoms with Gasteiger partial charge in [-0.25, -0.2) is 0 Å². The summed E-state index contributed by atoms with van der Waals surface area (Å²) in [7, 11) is 0. The van der Waals surface area contributed by atoms with E-state index in [-0.39, 0.29) is 29.9 Å². The molecule has 0 N–H and O–H groups in total. The zero-order chi connectivity index (χ0) is 45.3. The molecule has 0 amide bonds. The van der Waals surface area contributed by atoms with Crippen LogP contribution in [0.25, 0.3) is 33.4 Å². The predicted octanol–water partition coefficient (Wildman–Crippen LogP) is 15.5. The van der Waals surface area contributed by atoms with Gasteiger partial charge in [0.05, 0.1) is 16.3 Å². The summed E-state index contributed by atoms with van der Waals surface area (Å²) < 4.78 is 39.1. The summed E-state index contributed by atoms with van der Waals surface area (Å²) in [5.74, 6) is 0. The Bertz CT molecular complexity index is 3420. The Morgan fingerprint density at radius 1 is 0.302 bits per heavy atom. The number of hydrogen-bond donors (Lipinski definition) is 0. The lowest BCUT2D eigenvalue weighted by molar-refractivity contribution is 0.768. The van der Waals surface area contributed by atoms with Crippen molar-refractivity contribution in [1.29, 1.82) is 0 Å². The van der Waals surface area contributed by atoms with E-state index in [1.165, 1.54) is 5.56 Å². The van der Waals surface area contributed by atoms with Crippen molar-refractivity contribution in [2.45, 2.75) is 10.8 Å². The molecule has 0 saturated carbocycles. The smallest absolute Gasteiger partial charge is 0.0714 e. The fourth-order valence-electron chi connectivity index (χ4n) is 10.7. The van der Waals surface area contributed by atoms with Crippen molar-refractivity contribution in [2.75, 3.05) is 4.90 Å². The van der Waals surface area contributed by atoms with E-state index in [9.17, 15) is 5.48 Å². The molecule has 0 aliphatic heterocycles. The lowest BCUT2D eigenvalue weighted by atomic mass is 9.67. The van der Waals surface area contributed by atoms with Gasteiger partial charge in [0.15, 0.2) is 0 Å². The minimum atomic E-state index is -0.696. The Morgan fingerprint density at radius 2 is 0.714 bits per heavy atom. The molecule has 12 rings (SSSR count). The Balaban J connectivity index is 1.11. The minimum Gasteiger partial charge on any atom is -0.310 e. The van der Waals surface area contributed by atoms with Gasteiger partial charge in [-0.15, -0.1) is 0 Å². The number of para-hydroxylation sites is 1. The first kappa shape index (κ1) is 32.7. The van der Waals surface area contributed by atoms with Crippen LogP contribution < -0.4 is 4.90 Å². The number of anilines is 3. The monoisotopic (exact) mass is 805 g/mol. The third kappa shape index (κ3) is 5.56. The Kier molecular flexibility index (Phi) is 7.73. The van der Waals surface area contributed by atoms with Crippen molar-refractivity contribution in [1.82, 2.24) is 0 Å². The van der Waals surface area contributed by atoms with Crippen LogP contribution in [0.15, 0.2) is 261 Å². The summed E-state index contributed by atoms with van der Waals surface area (Å²) in [6, 6.07) is 81.7. The first-order valence-corrected chi connectivity index (χ1v) is 21.6. The third-order valence-corrected chi connectivity index (χ3v) is 13.3.